The zero-order valence-electron chi connectivity index (χ0n) is 12.1. The molecule has 0 saturated carbocycles. The van der Waals surface area contributed by atoms with E-state index in [4.69, 9.17) is 5.73 Å². The highest BCUT2D eigenvalue weighted by molar-refractivity contribution is 5.71. The third-order valence-corrected chi connectivity index (χ3v) is 3.14. The molecule has 4 nitrogen and oxygen atoms in total. The average Bonchev–Trinajstić information content (AvgIpc) is 2.35. The van der Waals surface area contributed by atoms with Crippen LogP contribution in [0, 0.1) is 0 Å². The van der Waals surface area contributed by atoms with E-state index in [0.717, 1.165) is 25.8 Å². The van der Waals surface area contributed by atoms with Gasteiger partial charge in [0, 0.05) is 12.6 Å². The fraction of sp³-hybridized carbons (Fsp3) is 0.533. The average molecular weight is 263 g/mol. The van der Waals surface area contributed by atoms with E-state index >= 15 is 0 Å². The number of hydrogen-bond acceptors (Lipinski definition) is 2. The molecule has 0 heterocycles. The Hall–Kier alpha value is -1.55. The number of aryl methyl sites for hydroxylation is 1. The van der Waals surface area contributed by atoms with Crippen LogP contribution in [0.1, 0.15) is 30.9 Å². The number of primary amides is 1. The van der Waals surface area contributed by atoms with Crippen molar-refractivity contribution in [2.24, 2.45) is 5.73 Å². The van der Waals surface area contributed by atoms with Crippen molar-refractivity contribution >= 4 is 6.03 Å². The molecule has 0 radical (unpaired) electrons. The van der Waals surface area contributed by atoms with Crippen LogP contribution >= 0.6 is 0 Å². The Morgan fingerprint density at radius 2 is 1.84 bits per heavy atom. The SMILES string of the molecule is CCC(CCc1ccc(CN(C)C)cc1)NC(N)=O. The Bertz CT molecular complexity index is 387. The van der Waals surface area contributed by atoms with Gasteiger partial charge in [0.25, 0.3) is 0 Å². The molecule has 1 aromatic rings. The third-order valence-electron chi connectivity index (χ3n) is 3.14. The molecule has 4 heteroatoms. The van der Waals surface area contributed by atoms with Crippen molar-refractivity contribution in [3.63, 3.8) is 0 Å². The van der Waals surface area contributed by atoms with Gasteiger partial charge in [-0.15, -0.1) is 0 Å². The fourth-order valence-corrected chi connectivity index (χ4v) is 2.10. The molecule has 0 spiro atoms. The molecule has 0 bridgehead atoms. The molecule has 0 aliphatic carbocycles. The van der Waals surface area contributed by atoms with E-state index in [1.165, 1.54) is 11.1 Å². The van der Waals surface area contributed by atoms with Crippen LogP contribution in [0.3, 0.4) is 0 Å². The first kappa shape index (κ1) is 15.5. The summed E-state index contributed by atoms with van der Waals surface area (Å²) < 4.78 is 0. The van der Waals surface area contributed by atoms with Crippen molar-refractivity contribution in [3.05, 3.63) is 35.4 Å². The minimum atomic E-state index is -0.437. The van der Waals surface area contributed by atoms with Crippen LogP contribution < -0.4 is 11.1 Å². The molecular formula is C15H25N3O. The first-order valence-corrected chi connectivity index (χ1v) is 6.79. The molecule has 1 rings (SSSR count). The molecule has 1 unspecified atom stereocenters. The van der Waals surface area contributed by atoms with Crippen molar-refractivity contribution in [1.82, 2.24) is 10.2 Å². The van der Waals surface area contributed by atoms with Crippen molar-refractivity contribution in [2.75, 3.05) is 14.1 Å². The normalized spacial score (nSPS) is 12.4. The van der Waals surface area contributed by atoms with Crippen molar-refractivity contribution in [2.45, 2.75) is 38.8 Å². The van der Waals surface area contributed by atoms with Gasteiger partial charge in [-0.1, -0.05) is 31.2 Å². The van der Waals surface area contributed by atoms with Crippen LogP contribution in [0.5, 0.6) is 0 Å². The predicted molar refractivity (Wildman–Crippen MR) is 79.0 cm³/mol. The fourth-order valence-electron chi connectivity index (χ4n) is 2.10. The summed E-state index contributed by atoms with van der Waals surface area (Å²) in [5, 5.41) is 2.77. The number of hydrogen-bond donors (Lipinski definition) is 2. The van der Waals surface area contributed by atoms with Gasteiger partial charge in [-0.2, -0.15) is 0 Å². The smallest absolute Gasteiger partial charge is 0.312 e. The summed E-state index contributed by atoms with van der Waals surface area (Å²) in [5.74, 6) is 0. The van der Waals surface area contributed by atoms with Crippen molar-refractivity contribution in [3.8, 4) is 0 Å². The van der Waals surface area contributed by atoms with Gasteiger partial charge in [0.1, 0.15) is 0 Å². The van der Waals surface area contributed by atoms with Crippen LogP contribution in [0.15, 0.2) is 24.3 Å². The van der Waals surface area contributed by atoms with Gasteiger partial charge in [0.05, 0.1) is 0 Å². The lowest BCUT2D eigenvalue weighted by atomic mass is 10.0. The Morgan fingerprint density at radius 3 is 2.32 bits per heavy atom. The summed E-state index contributed by atoms with van der Waals surface area (Å²) in [6.07, 6.45) is 2.79. The molecule has 106 valence electrons. The number of nitrogens with one attached hydrogen (secondary N) is 1. The van der Waals surface area contributed by atoms with Gasteiger partial charge in [-0.05, 0) is 44.5 Å². The minimum Gasteiger partial charge on any atom is -0.352 e. The second-order valence-electron chi connectivity index (χ2n) is 5.21. The van der Waals surface area contributed by atoms with E-state index in [1.807, 2.05) is 0 Å². The molecule has 1 aromatic carbocycles. The second kappa shape index (κ2) is 7.79. The summed E-state index contributed by atoms with van der Waals surface area (Å²) in [5.41, 5.74) is 7.76. The first-order valence-electron chi connectivity index (χ1n) is 6.79. The number of benzene rings is 1. The van der Waals surface area contributed by atoms with Gasteiger partial charge in [0.2, 0.25) is 0 Å². The summed E-state index contributed by atoms with van der Waals surface area (Å²) in [6.45, 7) is 3.02. The van der Waals surface area contributed by atoms with E-state index in [-0.39, 0.29) is 6.04 Å². The minimum absolute atomic E-state index is 0.166. The highest BCUT2D eigenvalue weighted by Gasteiger charge is 2.07. The number of carbonyl (C=O) groups excluding carboxylic acids is 1. The summed E-state index contributed by atoms with van der Waals surface area (Å²) in [7, 11) is 4.13. The first-order chi connectivity index (χ1) is 9.01. The number of nitrogens with zero attached hydrogens (tertiary/aromatic N) is 1. The molecule has 3 N–H and O–H groups in total. The maximum atomic E-state index is 10.8. The quantitative estimate of drug-likeness (QED) is 0.791. The Morgan fingerprint density at radius 1 is 1.26 bits per heavy atom. The van der Waals surface area contributed by atoms with E-state index in [2.05, 4.69) is 55.5 Å². The Labute approximate surface area is 116 Å². The van der Waals surface area contributed by atoms with Crippen LogP contribution in [0.2, 0.25) is 0 Å². The van der Waals surface area contributed by atoms with Crippen LogP contribution in [0.25, 0.3) is 0 Å². The molecule has 0 saturated heterocycles. The molecule has 0 fully saturated rings. The van der Waals surface area contributed by atoms with Crippen LogP contribution in [-0.4, -0.2) is 31.1 Å². The molecule has 0 aromatic heterocycles. The lowest BCUT2D eigenvalue weighted by molar-refractivity contribution is 0.244. The lowest BCUT2D eigenvalue weighted by Gasteiger charge is -2.15. The van der Waals surface area contributed by atoms with Gasteiger partial charge < -0.3 is 16.0 Å². The van der Waals surface area contributed by atoms with E-state index in [0.29, 0.717) is 0 Å². The van der Waals surface area contributed by atoms with Crippen LogP contribution in [-0.2, 0) is 13.0 Å². The van der Waals surface area contributed by atoms with E-state index in [9.17, 15) is 4.79 Å². The van der Waals surface area contributed by atoms with Crippen molar-refractivity contribution in [1.29, 1.82) is 0 Å². The van der Waals surface area contributed by atoms with Gasteiger partial charge in [0.15, 0.2) is 0 Å². The number of rotatable bonds is 7. The molecule has 2 amide bonds. The van der Waals surface area contributed by atoms with Gasteiger partial charge in [-0.25, -0.2) is 4.79 Å². The topological polar surface area (TPSA) is 58.4 Å². The Balaban J connectivity index is 2.46. The van der Waals surface area contributed by atoms with Gasteiger partial charge in [-0.3, -0.25) is 0 Å². The monoisotopic (exact) mass is 263 g/mol. The number of amides is 2. The largest absolute Gasteiger partial charge is 0.352 e. The zero-order valence-corrected chi connectivity index (χ0v) is 12.1. The highest BCUT2D eigenvalue weighted by atomic mass is 16.2. The number of carbonyl (C=O) groups is 1. The zero-order chi connectivity index (χ0) is 14.3. The molecule has 19 heavy (non-hydrogen) atoms. The van der Waals surface area contributed by atoms with E-state index in [1.54, 1.807) is 0 Å². The molecule has 0 aliphatic heterocycles. The van der Waals surface area contributed by atoms with Crippen LogP contribution in [0.4, 0.5) is 4.79 Å². The summed E-state index contributed by atoms with van der Waals surface area (Å²) in [6, 6.07) is 8.38. The highest BCUT2D eigenvalue weighted by Crippen LogP contribution is 2.10. The third kappa shape index (κ3) is 6.25. The maximum Gasteiger partial charge on any atom is 0.312 e. The van der Waals surface area contributed by atoms with Gasteiger partial charge >= 0.3 is 6.03 Å². The standard InChI is InChI=1S/C15H25N3O/c1-4-14(17-15(16)19)10-9-12-5-7-13(8-6-12)11-18(2)3/h5-8,14H,4,9-11H2,1-3H3,(H3,16,17,19). The number of nitrogens with two attached hydrogens (primary N) is 1. The Kier molecular flexibility index (Phi) is 6.36. The molecule has 1 atom stereocenters. The summed E-state index contributed by atoms with van der Waals surface area (Å²) >= 11 is 0. The predicted octanol–water partition coefficient (Wildman–Crippen LogP) is 2.13. The lowest BCUT2D eigenvalue weighted by Crippen LogP contribution is -2.38. The van der Waals surface area contributed by atoms with E-state index < -0.39 is 6.03 Å². The number of urea groups is 1. The maximum absolute atomic E-state index is 10.8. The van der Waals surface area contributed by atoms with Crippen molar-refractivity contribution < 1.29 is 4.79 Å². The molecule has 0 aliphatic rings. The molecular weight excluding hydrogens is 238 g/mol. The summed E-state index contributed by atoms with van der Waals surface area (Å²) in [4.78, 5) is 13.0. The second-order valence-corrected chi connectivity index (χ2v) is 5.21.